The second kappa shape index (κ2) is 8.09. The van der Waals surface area contributed by atoms with Crippen molar-refractivity contribution < 1.29 is 9.53 Å². The summed E-state index contributed by atoms with van der Waals surface area (Å²) in [5.41, 5.74) is 6.89. The van der Waals surface area contributed by atoms with Crippen LogP contribution in [0.3, 0.4) is 0 Å². The molecule has 22 heavy (non-hydrogen) atoms. The van der Waals surface area contributed by atoms with Gasteiger partial charge in [0, 0.05) is 25.5 Å². The Kier molecular flexibility index (Phi) is 5.85. The van der Waals surface area contributed by atoms with Crippen LogP contribution in [0.15, 0.2) is 42.7 Å². The quantitative estimate of drug-likeness (QED) is 0.763. The molecule has 116 valence electrons. The summed E-state index contributed by atoms with van der Waals surface area (Å²) in [6.45, 7) is 3.07. The second-order valence-corrected chi connectivity index (χ2v) is 4.82. The summed E-state index contributed by atoms with van der Waals surface area (Å²) >= 11 is 0. The third-order valence-electron chi connectivity index (χ3n) is 3.19. The highest BCUT2D eigenvalue weighted by atomic mass is 16.5. The Morgan fingerprint density at radius 1 is 1.27 bits per heavy atom. The van der Waals surface area contributed by atoms with E-state index in [2.05, 4.69) is 15.3 Å². The van der Waals surface area contributed by atoms with Gasteiger partial charge in [-0.2, -0.15) is 0 Å². The maximum Gasteiger partial charge on any atom is 0.273 e. The number of rotatable bonds is 7. The van der Waals surface area contributed by atoms with Crippen LogP contribution in [0, 0.1) is 0 Å². The van der Waals surface area contributed by atoms with Gasteiger partial charge in [0.05, 0.1) is 6.10 Å². The molecule has 2 aromatic rings. The minimum absolute atomic E-state index is 0.0348. The zero-order chi connectivity index (χ0) is 15.8. The lowest BCUT2D eigenvalue weighted by molar-refractivity contribution is 0.0634. The molecule has 0 bridgehead atoms. The number of nitrogens with two attached hydrogens (primary N) is 1. The molecule has 6 heteroatoms. The summed E-state index contributed by atoms with van der Waals surface area (Å²) in [7, 11) is 0. The molecule has 2 rings (SSSR count). The van der Waals surface area contributed by atoms with Gasteiger partial charge < -0.3 is 15.8 Å². The van der Waals surface area contributed by atoms with E-state index in [0.717, 1.165) is 5.56 Å². The number of carbonyl (C=O) groups excluding carboxylic acids is 1. The average Bonchev–Trinajstić information content (AvgIpc) is 2.55. The van der Waals surface area contributed by atoms with Gasteiger partial charge in [-0.3, -0.25) is 4.79 Å². The molecule has 1 aromatic carbocycles. The van der Waals surface area contributed by atoms with Crippen molar-refractivity contribution >= 4 is 11.7 Å². The number of ether oxygens (including phenoxy) is 1. The Hall–Kier alpha value is -2.47. The number of hydrogen-bond acceptors (Lipinski definition) is 5. The van der Waals surface area contributed by atoms with Gasteiger partial charge in [-0.1, -0.05) is 30.3 Å². The topological polar surface area (TPSA) is 90.1 Å². The number of anilines is 1. The lowest BCUT2D eigenvalue weighted by Crippen LogP contribution is -2.27. The number of carbonyl (C=O) groups is 1. The Morgan fingerprint density at radius 2 is 2.00 bits per heavy atom. The summed E-state index contributed by atoms with van der Waals surface area (Å²) in [5, 5.41) is 2.75. The first-order chi connectivity index (χ1) is 10.7. The molecule has 0 fully saturated rings. The smallest absolute Gasteiger partial charge is 0.273 e. The van der Waals surface area contributed by atoms with E-state index < -0.39 is 0 Å². The minimum atomic E-state index is -0.318. The molecule has 3 N–H and O–H groups in total. The summed E-state index contributed by atoms with van der Waals surface area (Å²) < 4.78 is 5.74. The van der Waals surface area contributed by atoms with Gasteiger partial charge in [0.2, 0.25) is 0 Å². The van der Waals surface area contributed by atoms with Crippen LogP contribution in [0.5, 0.6) is 0 Å². The van der Waals surface area contributed by atoms with Crippen molar-refractivity contribution in [3.05, 3.63) is 54.0 Å². The Balaban J connectivity index is 1.67. The zero-order valence-corrected chi connectivity index (χ0v) is 12.5. The molecule has 1 heterocycles. The average molecular weight is 300 g/mol. The van der Waals surface area contributed by atoms with Gasteiger partial charge in [0.25, 0.3) is 5.91 Å². The van der Waals surface area contributed by atoms with Crippen LogP contribution in [0.1, 0.15) is 35.5 Å². The van der Waals surface area contributed by atoms with Gasteiger partial charge in [-0.05, 0) is 18.9 Å². The van der Waals surface area contributed by atoms with Crippen molar-refractivity contribution in [2.24, 2.45) is 0 Å². The zero-order valence-electron chi connectivity index (χ0n) is 12.5. The van der Waals surface area contributed by atoms with E-state index in [1.54, 1.807) is 0 Å². The number of benzene rings is 1. The first-order valence-corrected chi connectivity index (χ1v) is 7.19. The van der Waals surface area contributed by atoms with Crippen LogP contribution >= 0.6 is 0 Å². The molecule has 0 spiro atoms. The van der Waals surface area contributed by atoms with Crippen molar-refractivity contribution in [3.63, 3.8) is 0 Å². The van der Waals surface area contributed by atoms with Gasteiger partial charge in [0.1, 0.15) is 0 Å². The van der Waals surface area contributed by atoms with Crippen molar-refractivity contribution in [2.45, 2.75) is 19.4 Å². The second-order valence-electron chi connectivity index (χ2n) is 4.82. The number of hydrogen-bond donors (Lipinski definition) is 2. The van der Waals surface area contributed by atoms with Crippen molar-refractivity contribution in [1.29, 1.82) is 0 Å². The molecule has 0 aliphatic carbocycles. The van der Waals surface area contributed by atoms with Gasteiger partial charge >= 0.3 is 0 Å². The predicted octanol–water partition coefficient (Wildman–Crippen LogP) is 1.96. The van der Waals surface area contributed by atoms with Gasteiger partial charge in [-0.15, -0.1) is 0 Å². The maximum atomic E-state index is 11.8. The van der Waals surface area contributed by atoms with Gasteiger partial charge in [-0.25, -0.2) is 9.97 Å². The third-order valence-corrected chi connectivity index (χ3v) is 3.19. The number of nitrogens with zero attached hydrogens (tertiary/aromatic N) is 2. The molecule has 0 aliphatic heterocycles. The number of nitrogen functional groups attached to an aromatic ring is 1. The highest BCUT2D eigenvalue weighted by Crippen LogP contribution is 2.15. The molecule has 1 unspecified atom stereocenters. The van der Waals surface area contributed by atoms with Crippen LogP contribution in [-0.4, -0.2) is 29.0 Å². The highest BCUT2D eigenvalue weighted by Gasteiger charge is 2.11. The first kappa shape index (κ1) is 15.9. The van der Waals surface area contributed by atoms with Crippen molar-refractivity contribution in [2.75, 3.05) is 18.9 Å². The summed E-state index contributed by atoms with van der Waals surface area (Å²) in [4.78, 5) is 19.6. The summed E-state index contributed by atoms with van der Waals surface area (Å²) in [6, 6.07) is 10.0. The number of amides is 1. The van der Waals surface area contributed by atoms with E-state index in [9.17, 15) is 4.79 Å². The molecule has 6 nitrogen and oxygen atoms in total. The van der Waals surface area contributed by atoms with Gasteiger partial charge in [0.15, 0.2) is 11.5 Å². The van der Waals surface area contributed by atoms with Crippen molar-refractivity contribution in [3.8, 4) is 0 Å². The van der Waals surface area contributed by atoms with Crippen molar-refractivity contribution in [1.82, 2.24) is 15.3 Å². The van der Waals surface area contributed by atoms with Crippen LogP contribution in [0.25, 0.3) is 0 Å². The SMILES string of the molecule is CC(OCCCNC(=O)c1nccnc1N)c1ccccc1. The van der Waals surface area contributed by atoms with E-state index >= 15 is 0 Å². The largest absolute Gasteiger partial charge is 0.382 e. The standard InChI is InChI=1S/C16H20N4O2/c1-12(13-6-3-2-4-7-13)22-11-5-8-20-16(21)14-15(17)19-10-9-18-14/h2-4,6-7,9-10,12H,5,8,11H2,1H3,(H2,17,19)(H,20,21). The van der Waals surface area contributed by atoms with Crippen LogP contribution in [0.2, 0.25) is 0 Å². The predicted molar refractivity (Wildman–Crippen MR) is 84.2 cm³/mol. The van der Waals surface area contributed by atoms with E-state index in [4.69, 9.17) is 10.5 Å². The van der Waals surface area contributed by atoms with Crippen LogP contribution in [0.4, 0.5) is 5.82 Å². The van der Waals surface area contributed by atoms with Crippen LogP contribution in [-0.2, 0) is 4.74 Å². The third kappa shape index (κ3) is 4.53. The normalized spacial score (nSPS) is 11.9. The molecular formula is C16H20N4O2. The van der Waals surface area contributed by atoms with E-state index in [1.807, 2.05) is 37.3 Å². The van der Waals surface area contributed by atoms with Crippen LogP contribution < -0.4 is 11.1 Å². The molecule has 0 aliphatic rings. The Morgan fingerprint density at radius 3 is 2.73 bits per heavy atom. The fourth-order valence-corrected chi connectivity index (χ4v) is 1.96. The first-order valence-electron chi connectivity index (χ1n) is 7.19. The summed E-state index contributed by atoms with van der Waals surface area (Å²) in [6.07, 6.45) is 3.64. The molecule has 1 amide bonds. The fourth-order valence-electron chi connectivity index (χ4n) is 1.96. The molecule has 0 radical (unpaired) electrons. The Bertz CT molecular complexity index is 604. The minimum Gasteiger partial charge on any atom is -0.382 e. The van der Waals surface area contributed by atoms with E-state index in [1.165, 1.54) is 12.4 Å². The number of nitrogens with one attached hydrogen (secondary N) is 1. The van der Waals surface area contributed by atoms with E-state index in [-0.39, 0.29) is 23.5 Å². The molecular weight excluding hydrogens is 280 g/mol. The molecule has 0 saturated carbocycles. The fraction of sp³-hybridized carbons (Fsp3) is 0.312. The van der Waals surface area contributed by atoms with E-state index in [0.29, 0.717) is 19.6 Å². The number of aromatic nitrogens is 2. The lowest BCUT2D eigenvalue weighted by atomic mass is 10.1. The molecule has 1 aromatic heterocycles. The molecule has 1 atom stereocenters. The maximum absolute atomic E-state index is 11.8. The summed E-state index contributed by atoms with van der Waals surface area (Å²) in [5.74, 6) is -0.185. The molecule has 0 saturated heterocycles. The monoisotopic (exact) mass is 300 g/mol. The Labute approximate surface area is 129 Å². The highest BCUT2D eigenvalue weighted by molar-refractivity contribution is 5.96. The lowest BCUT2D eigenvalue weighted by Gasteiger charge is -2.13.